The standard InChI is InChI=1S/C18H10F2N4/c19-11-4-2-5-12(20)16(11)18-10-7-21-13-6-1-3-9(15(10)13)17-14(23-18)8-22-24-17/h1-8,21H,(H,22,24). The van der Waals surface area contributed by atoms with E-state index in [0.29, 0.717) is 11.3 Å². The largest absolute Gasteiger partial charge is 0.360 e. The van der Waals surface area contributed by atoms with E-state index in [1.54, 1.807) is 12.4 Å². The van der Waals surface area contributed by atoms with Gasteiger partial charge in [0.25, 0.3) is 0 Å². The van der Waals surface area contributed by atoms with Crippen molar-refractivity contribution in [3.05, 3.63) is 71.6 Å². The smallest absolute Gasteiger partial charge is 0.135 e. The first-order chi connectivity index (χ1) is 11.7. The maximum atomic E-state index is 14.4. The lowest BCUT2D eigenvalue weighted by Crippen LogP contribution is -2.08. The van der Waals surface area contributed by atoms with Crippen LogP contribution in [0, 0.1) is 11.6 Å². The van der Waals surface area contributed by atoms with Gasteiger partial charge in [-0.3, -0.25) is 5.10 Å². The highest BCUT2D eigenvalue weighted by atomic mass is 19.1. The highest BCUT2D eigenvalue weighted by Gasteiger charge is 2.25. The average Bonchev–Trinajstić information content (AvgIpc) is 3.17. The Morgan fingerprint density at radius 2 is 1.71 bits per heavy atom. The van der Waals surface area contributed by atoms with Gasteiger partial charge < -0.3 is 4.98 Å². The second-order valence-corrected chi connectivity index (χ2v) is 5.62. The van der Waals surface area contributed by atoms with Crippen LogP contribution in [-0.4, -0.2) is 20.9 Å². The zero-order chi connectivity index (χ0) is 16.3. The van der Waals surface area contributed by atoms with Gasteiger partial charge in [-0.05, 0) is 18.2 Å². The maximum absolute atomic E-state index is 14.4. The molecule has 0 saturated heterocycles. The Bertz CT molecular complexity index is 1120. The molecule has 24 heavy (non-hydrogen) atoms. The second kappa shape index (κ2) is 4.61. The zero-order valence-electron chi connectivity index (χ0n) is 12.3. The number of hydrogen-bond acceptors (Lipinski definition) is 2. The van der Waals surface area contributed by atoms with Gasteiger partial charge in [-0.15, -0.1) is 0 Å². The van der Waals surface area contributed by atoms with E-state index >= 15 is 0 Å². The van der Waals surface area contributed by atoms with Crippen LogP contribution >= 0.6 is 0 Å². The topological polar surface area (TPSA) is 56.8 Å². The summed E-state index contributed by atoms with van der Waals surface area (Å²) in [5.74, 6) is -1.29. The van der Waals surface area contributed by atoms with Gasteiger partial charge in [0.1, 0.15) is 17.3 Å². The molecular formula is C18H10F2N4. The summed E-state index contributed by atoms with van der Waals surface area (Å²) in [5, 5.41) is 7.83. The lowest BCUT2D eigenvalue weighted by molar-refractivity contribution is 0.579. The summed E-state index contributed by atoms with van der Waals surface area (Å²) in [4.78, 5) is 7.68. The highest BCUT2D eigenvalue weighted by molar-refractivity contribution is 6.24. The number of nitrogens with zero attached hydrogens (tertiary/aromatic N) is 2. The van der Waals surface area contributed by atoms with Crippen LogP contribution in [0.15, 0.2) is 53.8 Å². The van der Waals surface area contributed by atoms with Crippen molar-refractivity contribution in [1.29, 1.82) is 0 Å². The molecule has 0 saturated carbocycles. The van der Waals surface area contributed by atoms with Gasteiger partial charge in [0, 0.05) is 28.2 Å². The molecule has 0 fully saturated rings. The molecule has 1 aliphatic rings. The van der Waals surface area contributed by atoms with Crippen molar-refractivity contribution < 1.29 is 8.78 Å². The molecule has 4 nitrogen and oxygen atoms in total. The molecule has 0 unspecified atom stereocenters. The Balaban J connectivity index is 1.95. The fourth-order valence-corrected chi connectivity index (χ4v) is 3.24. The van der Waals surface area contributed by atoms with E-state index < -0.39 is 11.6 Å². The summed E-state index contributed by atoms with van der Waals surface area (Å²) in [6, 6.07) is 9.58. The SMILES string of the molecule is Fc1cccc(F)c1C1=Nc2cn[nH]c2-c2cccc3[nH]cc1c23. The van der Waals surface area contributed by atoms with Crippen molar-refractivity contribution in [3.8, 4) is 11.3 Å². The number of halogens is 2. The van der Waals surface area contributed by atoms with Crippen LogP contribution in [-0.2, 0) is 0 Å². The third-order valence-corrected chi connectivity index (χ3v) is 4.28. The van der Waals surface area contributed by atoms with Crippen molar-refractivity contribution in [1.82, 2.24) is 15.2 Å². The summed E-state index contributed by atoms with van der Waals surface area (Å²) in [6.07, 6.45) is 3.29. The summed E-state index contributed by atoms with van der Waals surface area (Å²) in [7, 11) is 0. The van der Waals surface area contributed by atoms with E-state index in [1.165, 1.54) is 18.2 Å². The first kappa shape index (κ1) is 13.2. The Kier molecular flexibility index (Phi) is 2.53. The van der Waals surface area contributed by atoms with E-state index in [4.69, 9.17) is 0 Å². The first-order valence-electron chi connectivity index (χ1n) is 7.41. The van der Waals surface area contributed by atoms with Crippen LogP contribution in [0.4, 0.5) is 14.5 Å². The molecule has 1 aliphatic heterocycles. The third kappa shape index (κ3) is 1.65. The minimum atomic E-state index is -0.646. The fourth-order valence-electron chi connectivity index (χ4n) is 3.24. The van der Waals surface area contributed by atoms with Gasteiger partial charge in [-0.2, -0.15) is 5.10 Å². The normalized spacial score (nSPS) is 12.8. The predicted octanol–water partition coefficient (Wildman–Crippen LogP) is 4.32. The first-order valence-corrected chi connectivity index (χ1v) is 7.41. The van der Waals surface area contributed by atoms with Gasteiger partial charge in [-0.1, -0.05) is 18.2 Å². The van der Waals surface area contributed by atoms with Gasteiger partial charge in [0.2, 0.25) is 0 Å². The number of rotatable bonds is 1. The maximum Gasteiger partial charge on any atom is 0.135 e. The van der Waals surface area contributed by atoms with Gasteiger partial charge in [0.05, 0.1) is 23.2 Å². The lowest BCUT2D eigenvalue weighted by atomic mass is 9.98. The van der Waals surface area contributed by atoms with E-state index in [0.717, 1.165) is 22.2 Å². The van der Waals surface area contributed by atoms with Gasteiger partial charge in [-0.25, -0.2) is 13.8 Å². The lowest BCUT2D eigenvalue weighted by Gasteiger charge is -2.07. The van der Waals surface area contributed by atoms with Crippen LogP contribution < -0.4 is 0 Å². The summed E-state index contributed by atoms with van der Waals surface area (Å²) in [6.45, 7) is 0. The van der Waals surface area contributed by atoms with Crippen LogP contribution in [0.3, 0.4) is 0 Å². The van der Waals surface area contributed by atoms with E-state index in [9.17, 15) is 8.78 Å². The number of aliphatic imine (C=N–C) groups is 1. The fraction of sp³-hybridized carbons (Fsp3) is 0. The molecule has 4 aromatic rings. The molecular weight excluding hydrogens is 310 g/mol. The van der Waals surface area contributed by atoms with E-state index in [2.05, 4.69) is 20.2 Å². The molecule has 116 valence electrons. The number of H-pyrrole nitrogens is 2. The molecule has 0 amide bonds. The number of hydrogen-bond donors (Lipinski definition) is 2. The Labute approximate surface area is 134 Å². The Morgan fingerprint density at radius 1 is 0.917 bits per heavy atom. The highest BCUT2D eigenvalue weighted by Crippen LogP contribution is 2.40. The van der Waals surface area contributed by atoms with Crippen molar-refractivity contribution in [2.75, 3.05) is 0 Å². The minimum Gasteiger partial charge on any atom is -0.360 e. The van der Waals surface area contributed by atoms with Crippen molar-refractivity contribution in [2.24, 2.45) is 4.99 Å². The van der Waals surface area contributed by atoms with Crippen molar-refractivity contribution in [2.45, 2.75) is 0 Å². The number of nitrogens with one attached hydrogen (secondary N) is 2. The average molecular weight is 320 g/mol. The molecule has 2 aromatic heterocycles. The molecule has 3 heterocycles. The Morgan fingerprint density at radius 3 is 2.54 bits per heavy atom. The van der Waals surface area contributed by atoms with Crippen LogP contribution in [0.25, 0.3) is 22.2 Å². The van der Waals surface area contributed by atoms with E-state index in [1.807, 2.05) is 18.2 Å². The van der Waals surface area contributed by atoms with Crippen LogP contribution in [0.5, 0.6) is 0 Å². The van der Waals surface area contributed by atoms with E-state index in [-0.39, 0.29) is 11.3 Å². The van der Waals surface area contributed by atoms with Gasteiger partial charge in [0.15, 0.2) is 0 Å². The molecule has 0 radical (unpaired) electrons. The van der Waals surface area contributed by atoms with Crippen LogP contribution in [0.1, 0.15) is 11.1 Å². The quantitative estimate of drug-likeness (QED) is 0.475. The molecule has 2 aromatic carbocycles. The zero-order valence-corrected chi connectivity index (χ0v) is 12.3. The predicted molar refractivity (Wildman–Crippen MR) is 87.5 cm³/mol. The summed E-state index contributed by atoms with van der Waals surface area (Å²) in [5.41, 5.74) is 3.83. The molecule has 2 N–H and O–H groups in total. The molecule has 5 rings (SSSR count). The third-order valence-electron chi connectivity index (χ3n) is 4.28. The van der Waals surface area contributed by atoms with Crippen molar-refractivity contribution >= 4 is 22.3 Å². The monoisotopic (exact) mass is 320 g/mol. The molecule has 0 aliphatic carbocycles. The number of fused-ring (bicyclic) bond motifs is 2. The van der Waals surface area contributed by atoms with Crippen molar-refractivity contribution in [3.63, 3.8) is 0 Å². The molecule has 0 spiro atoms. The number of aromatic nitrogens is 3. The summed E-state index contributed by atoms with van der Waals surface area (Å²) < 4.78 is 28.8. The Hall–Kier alpha value is -3.28. The molecule has 0 atom stereocenters. The molecule has 6 heteroatoms. The molecule has 0 bridgehead atoms. The van der Waals surface area contributed by atoms with Crippen LogP contribution in [0.2, 0.25) is 0 Å². The van der Waals surface area contributed by atoms with Gasteiger partial charge >= 0.3 is 0 Å². The second-order valence-electron chi connectivity index (χ2n) is 5.62. The number of aromatic amines is 2. The summed E-state index contributed by atoms with van der Waals surface area (Å²) >= 11 is 0. The number of benzene rings is 2. The minimum absolute atomic E-state index is 0.137.